The minimum Gasteiger partial charge on any atom is -0.478 e. The summed E-state index contributed by atoms with van der Waals surface area (Å²) in [6, 6.07) is 3.36. The first-order valence-corrected chi connectivity index (χ1v) is 5.34. The molecule has 0 aliphatic rings. The van der Waals surface area contributed by atoms with Gasteiger partial charge in [-0.25, -0.2) is 9.78 Å². The summed E-state index contributed by atoms with van der Waals surface area (Å²) < 4.78 is 0. The number of carboxylic acids is 1. The minimum atomic E-state index is -0.928. The molecule has 0 aromatic carbocycles. The average molecular weight is 222 g/mol. The van der Waals surface area contributed by atoms with Gasteiger partial charge in [-0.3, -0.25) is 0 Å². The number of pyridine rings is 1. The molecule has 0 unspecified atom stereocenters. The van der Waals surface area contributed by atoms with E-state index in [0.29, 0.717) is 11.6 Å². The Balaban J connectivity index is 2.92. The molecule has 1 aromatic heterocycles. The summed E-state index contributed by atoms with van der Waals surface area (Å²) in [7, 11) is 1.96. The highest BCUT2D eigenvalue weighted by molar-refractivity contribution is 5.89. The van der Waals surface area contributed by atoms with Crippen LogP contribution in [0.3, 0.4) is 0 Å². The second kappa shape index (κ2) is 4.96. The molecular formula is C12H18N2O2. The van der Waals surface area contributed by atoms with Gasteiger partial charge in [-0.05, 0) is 25.0 Å². The molecule has 4 nitrogen and oxygen atoms in total. The Morgan fingerprint density at radius 1 is 1.50 bits per heavy atom. The zero-order valence-electron chi connectivity index (χ0n) is 10.2. The topological polar surface area (TPSA) is 53.4 Å². The number of aromatic carboxylic acids is 1. The first-order valence-electron chi connectivity index (χ1n) is 5.34. The molecule has 1 N–H and O–H groups in total. The van der Waals surface area contributed by atoms with Crippen molar-refractivity contribution in [3.8, 4) is 0 Å². The van der Waals surface area contributed by atoms with Crippen LogP contribution in [0.2, 0.25) is 0 Å². The van der Waals surface area contributed by atoms with Crippen LogP contribution in [0, 0.1) is 12.8 Å². The van der Waals surface area contributed by atoms with Crippen LogP contribution in [0.5, 0.6) is 0 Å². The molecule has 0 amide bonds. The van der Waals surface area contributed by atoms with Crippen molar-refractivity contribution in [2.75, 3.05) is 18.5 Å². The molecule has 4 heteroatoms. The third-order valence-corrected chi connectivity index (χ3v) is 2.33. The molecule has 0 aliphatic carbocycles. The van der Waals surface area contributed by atoms with Gasteiger partial charge in [0, 0.05) is 13.6 Å². The van der Waals surface area contributed by atoms with Crippen molar-refractivity contribution in [2.45, 2.75) is 20.8 Å². The highest BCUT2D eigenvalue weighted by Crippen LogP contribution is 2.14. The lowest BCUT2D eigenvalue weighted by molar-refractivity contribution is 0.0695. The molecule has 1 aromatic rings. The minimum absolute atomic E-state index is 0.265. The highest BCUT2D eigenvalue weighted by Gasteiger charge is 2.11. The van der Waals surface area contributed by atoms with Gasteiger partial charge in [-0.15, -0.1) is 0 Å². The summed E-state index contributed by atoms with van der Waals surface area (Å²) >= 11 is 0. The summed E-state index contributed by atoms with van der Waals surface area (Å²) in [5, 5.41) is 8.89. The Hall–Kier alpha value is -1.58. The molecule has 88 valence electrons. The molecule has 16 heavy (non-hydrogen) atoms. The third kappa shape index (κ3) is 2.95. The van der Waals surface area contributed by atoms with Crippen LogP contribution in [-0.2, 0) is 0 Å². The van der Waals surface area contributed by atoms with E-state index >= 15 is 0 Å². The number of aryl methyl sites for hydroxylation is 1. The number of carbonyl (C=O) groups is 1. The van der Waals surface area contributed by atoms with Gasteiger partial charge in [-0.1, -0.05) is 13.8 Å². The van der Waals surface area contributed by atoms with E-state index in [2.05, 4.69) is 18.8 Å². The van der Waals surface area contributed by atoms with Crippen molar-refractivity contribution in [2.24, 2.45) is 5.92 Å². The van der Waals surface area contributed by atoms with E-state index in [9.17, 15) is 4.79 Å². The lowest BCUT2D eigenvalue weighted by Gasteiger charge is -2.20. The second-order valence-corrected chi connectivity index (χ2v) is 4.38. The predicted molar refractivity (Wildman–Crippen MR) is 64.0 cm³/mol. The Bertz CT molecular complexity index is 389. The number of hydrogen-bond donors (Lipinski definition) is 1. The van der Waals surface area contributed by atoms with E-state index in [-0.39, 0.29) is 5.56 Å². The van der Waals surface area contributed by atoms with E-state index in [1.54, 1.807) is 19.1 Å². The SMILES string of the molecule is Cc1nc(N(C)CC(C)C)ccc1C(=O)O. The fourth-order valence-corrected chi connectivity index (χ4v) is 1.63. The molecule has 0 saturated carbocycles. The zero-order valence-corrected chi connectivity index (χ0v) is 10.2. The fourth-order valence-electron chi connectivity index (χ4n) is 1.63. The maximum absolute atomic E-state index is 10.8. The number of carboxylic acid groups (broad SMARTS) is 1. The van der Waals surface area contributed by atoms with Crippen LogP contribution in [-0.4, -0.2) is 29.7 Å². The van der Waals surface area contributed by atoms with Crippen LogP contribution in [0.1, 0.15) is 29.9 Å². The van der Waals surface area contributed by atoms with Gasteiger partial charge in [0.2, 0.25) is 0 Å². The Morgan fingerprint density at radius 3 is 2.56 bits per heavy atom. The summed E-state index contributed by atoms with van der Waals surface area (Å²) in [6.45, 7) is 6.89. The van der Waals surface area contributed by atoms with Crippen LogP contribution >= 0.6 is 0 Å². The standard InChI is InChI=1S/C12H18N2O2/c1-8(2)7-14(4)11-6-5-10(12(15)16)9(3)13-11/h5-6,8H,7H2,1-4H3,(H,15,16). The molecule has 0 aliphatic heterocycles. The molecule has 0 radical (unpaired) electrons. The summed E-state index contributed by atoms with van der Waals surface area (Å²) in [5.41, 5.74) is 0.822. The van der Waals surface area contributed by atoms with Crippen molar-refractivity contribution in [1.29, 1.82) is 0 Å². The normalized spacial score (nSPS) is 10.6. The molecule has 1 rings (SSSR count). The van der Waals surface area contributed by atoms with E-state index in [0.717, 1.165) is 12.4 Å². The maximum Gasteiger partial charge on any atom is 0.337 e. The first kappa shape index (κ1) is 12.5. The van der Waals surface area contributed by atoms with Gasteiger partial charge in [0.25, 0.3) is 0 Å². The fraction of sp³-hybridized carbons (Fsp3) is 0.500. The van der Waals surface area contributed by atoms with Gasteiger partial charge in [0.1, 0.15) is 5.82 Å². The molecule has 1 heterocycles. The summed E-state index contributed by atoms with van der Waals surface area (Å²) in [4.78, 5) is 17.2. The number of hydrogen-bond acceptors (Lipinski definition) is 3. The van der Waals surface area contributed by atoms with Gasteiger partial charge >= 0.3 is 5.97 Å². The van der Waals surface area contributed by atoms with Crippen molar-refractivity contribution in [3.05, 3.63) is 23.4 Å². The largest absolute Gasteiger partial charge is 0.478 e. The van der Waals surface area contributed by atoms with Crippen molar-refractivity contribution < 1.29 is 9.90 Å². The van der Waals surface area contributed by atoms with Gasteiger partial charge in [-0.2, -0.15) is 0 Å². The monoisotopic (exact) mass is 222 g/mol. The van der Waals surface area contributed by atoms with Crippen LogP contribution in [0.15, 0.2) is 12.1 Å². The lowest BCUT2D eigenvalue weighted by atomic mass is 10.2. The van der Waals surface area contributed by atoms with Gasteiger partial charge in [0.05, 0.1) is 11.3 Å². The smallest absolute Gasteiger partial charge is 0.337 e. The first-order chi connectivity index (χ1) is 7.41. The molecule has 0 atom stereocenters. The maximum atomic E-state index is 10.8. The zero-order chi connectivity index (χ0) is 12.3. The number of rotatable bonds is 4. The summed E-state index contributed by atoms with van der Waals surface area (Å²) in [5.74, 6) is 0.436. The van der Waals surface area contributed by atoms with Crippen molar-refractivity contribution in [3.63, 3.8) is 0 Å². The van der Waals surface area contributed by atoms with Gasteiger partial charge < -0.3 is 10.0 Å². The quantitative estimate of drug-likeness (QED) is 0.848. The number of nitrogens with zero attached hydrogens (tertiary/aromatic N) is 2. The van der Waals surface area contributed by atoms with E-state index in [1.807, 2.05) is 11.9 Å². The molecule has 0 fully saturated rings. The Morgan fingerprint density at radius 2 is 2.12 bits per heavy atom. The van der Waals surface area contributed by atoms with E-state index < -0.39 is 5.97 Å². The van der Waals surface area contributed by atoms with Crippen LogP contribution < -0.4 is 4.90 Å². The second-order valence-electron chi connectivity index (χ2n) is 4.38. The number of anilines is 1. The number of aromatic nitrogens is 1. The van der Waals surface area contributed by atoms with Gasteiger partial charge in [0.15, 0.2) is 0 Å². The predicted octanol–water partition coefficient (Wildman–Crippen LogP) is 2.18. The van der Waals surface area contributed by atoms with E-state index in [4.69, 9.17) is 5.11 Å². The third-order valence-electron chi connectivity index (χ3n) is 2.33. The molecule has 0 bridgehead atoms. The van der Waals surface area contributed by atoms with Crippen LogP contribution in [0.25, 0.3) is 0 Å². The van der Waals surface area contributed by atoms with E-state index in [1.165, 1.54) is 0 Å². The average Bonchev–Trinajstić information content (AvgIpc) is 2.15. The highest BCUT2D eigenvalue weighted by atomic mass is 16.4. The summed E-state index contributed by atoms with van der Waals surface area (Å²) in [6.07, 6.45) is 0. The molecular weight excluding hydrogens is 204 g/mol. The van der Waals surface area contributed by atoms with Crippen molar-refractivity contribution in [1.82, 2.24) is 4.98 Å². The van der Waals surface area contributed by atoms with Crippen LogP contribution in [0.4, 0.5) is 5.82 Å². The molecule has 0 saturated heterocycles. The lowest BCUT2D eigenvalue weighted by Crippen LogP contribution is -2.23. The Labute approximate surface area is 95.9 Å². The van der Waals surface area contributed by atoms with Crippen molar-refractivity contribution >= 4 is 11.8 Å². The Kier molecular flexibility index (Phi) is 3.88. The molecule has 0 spiro atoms.